The topological polar surface area (TPSA) is 60.2 Å². The summed E-state index contributed by atoms with van der Waals surface area (Å²) in [6, 6.07) is 8.06. The number of methoxy groups -OCH3 is 1. The van der Waals surface area contributed by atoms with Crippen LogP contribution in [0.3, 0.4) is 0 Å². The Kier molecular flexibility index (Phi) is 5.11. The highest BCUT2D eigenvalue weighted by Crippen LogP contribution is 2.28. The number of nitrogens with zero attached hydrogens (tertiary/aromatic N) is 1. The lowest BCUT2D eigenvalue weighted by Gasteiger charge is -2.18. The number of nitrogens with one attached hydrogen (secondary N) is 1. The highest BCUT2D eigenvalue weighted by atomic mass is 79.9. The smallest absolute Gasteiger partial charge is 0.133 e. The number of pyridine rings is 1. The van der Waals surface area contributed by atoms with E-state index >= 15 is 0 Å². The van der Waals surface area contributed by atoms with Gasteiger partial charge in [-0.05, 0) is 64.2 Å². The zero-order valence-electron chi connectivity index (χ0n) is 11.6. The Morgan fingerprint density at radius 1 is 1.40 bits per heavy atom. The van der Waals surface area contributed by atoms with Crippen LogP contribution in [0.2, 0.25) is 0 Å². The molecule has 1 aromatic heterocycles. The molecule has 0 saturated carbocycles. The fourth-order valence-electron chi connectivity index (χ4n) is 2.17. The predicted molar refractivity (Wildman–Crippen MR) is 83.4 cm³/mol. The first-order chi connectivity index (χ1) is 9.65. The van der Waals surface area contributed by atoms with E-state index in [-0.39, 0.29) is 6.04 Å². The van der Waals surface area contributed by atoms with Gasteiger partial charge in [0.25, 0.3) is 0 Å². The monoisotopic (exact) mass is 335 g/mol. The van der Waals surface area contributed by atoms with Crippen LogP contribution in [0.5, 0.6) is 5.75 Å². The molecular weight excluding hydrogens is 318 g/mol. The number of nitrogens with two attached hydrogens (primary N) is 1. The summed E-state index contributed by atoms with van der Waals surface area (Å²) in [5, 5.41) is 0. The van der Waals surface area contributed by atoms with Crippen molar-refractivity contribution >= 4 is 15.9 Å². The molecule has 0 fully saturated rings. The second-order valence-corrected chi connectivity index (χ2v) is 5.48. The van der Waals surface area contributed by atoms with Gasteiger partial charge in [-0.1, -0.05) is 6.07 Å². The van der Waals surface area contributed by atoms with Gasteiger partial charge in [-0.25, -0.2) is 0 Å². The van der Waals surface area contributed by atoms with Crippen LogP contribution in [0.15, 0.2) is 41.1 Å². The largest absolute Gasteiger partial charge is 0.496 e. The molecule has 106 valence electrons. The molecule has 0 aliphatic heterocycles. The fourth-order valence-corrected chi connectivity index (χ4v) is 2.76. The summed E-state index contributed by atoms with van der Waals surface area (Å²) in [5.74, 6) is 6.52. The third kappa shape index (κ3) is 3.36. The molecule has 1 aromatic carbocycles. The summed E-state index contributed by atoms with van der Waals surface area (Å²) in [7, 11) is 1.66. The molecule has 0 saturated heterocycles. The molecule has 5 heteroatoms. The van der Waals surface area contributed by atoms with Gasteiger partial charge in [-0.2, -0.15) is 0 Å². The number of benzene rings is 1. The average molecular weight is 336 g/mol. The van der Waals surface area contributed by atoms with E-state index in [2.05, 4.69) is 39.3 Å². The maximum absolute atomic E-state index is 5.70. The highest BCUT2D eigenvalue weighted by Gasteiger charge is 2.14. The molecule has 1 atom stereocenters. The summed E-state index contributed by atoms with van der Waals surface area (Å²) in [5.41, 5.74) is 6.33. The molecule has 0 bridgehead atoms. The van der Waals surface area contributed by atoms with Crippen LogP contribution in [0.4, 0.5) is 0 Å². The molecule has 2 rings (SSSR count). The predicted octanol–water partition coefficient (Wildman–Crippen LogP) is 2.91. The Hall–Kier alpha value is -1.43. The molecule has 2 aromatic rings. The third-order valence-corrected chi connectivity index (χ3v) is 3.93. The van der Waals surface area contributed by atoms with E-state index in [1.807, 2.05) is 24.4 Å². The maximum atomic E-state index is 5.70. The fraction of sp³-hybridized carbons (Fsp3) is 0.267. The van der Waals surface area contributed by atoms with E-state index in [1.165, 1.54) is 11.1 Å². The standard InChI is InChI=1S/C15H18BrN3O/c1-10-5-6-18-9-12(10)14(19-17)8-11-3-4-15(20-2)13(16)7-11/h3-7,9,14,19H,8,17H2,1-2H3. The van der Waals surface area contributed by atoms with Crippen LogP contribution < -0.4 is 16.0 Å². The van der Waals surface area contributed by atoms with Gasteiger partial charge in [0.05, 0.1) is 17.6 Å². The van der Waals surface area contributed by atoms with Crippen LogP contribution in [-0.2, 0) is 6.42 Å². The van der Waals surface area contributed by atoms with Crippen molar-refractivity contribution in [3.8, 4) is 5.75 Å². The minimum atomic E-state index is 0.0315. The van der Waals surface area contributed by atoms with Crippen LogP contribution >= 0.6 is 15.9 Å². The Bertz CT molecular complexity index is 589. The van der Waals surface area contributed by atoms with E-state index in [9.17, 15) is 0 Å². The van der Waals surface area contributed by atoms with Gasteiger partial charge in [-0.15, -0.1) is 0 Å². The minimum absolute atomic E-state index is 0.0315. The number of rotatable bonds is 5. The number of aryl methyl sites for hydroxylation is 1. The van der Waals surface area contributed by atoms with Gasteiger partial charge in [0.1, 0.15) is 5.75 Å². The van der Waals surface area contributed by atoms with Gasteiger partial charge in [-0.3, -0.25) is 16.3 Å². The molecule has 0 spiro atoms. The lowest BCUT2D eigenvalue weighted by atomic mass is 9.97. The molecule has 0 aliphatic rings. The Morgan fingerprint density at radius 3 is 2.80 bits per heavy atom. The van der Waals surface area contributed by atoms with Gasteiger partial charge in [0.15, 0.2) is 0 Å². The molecule has 0 aliphatic carbocycles. The van der Waals surface area contributed by atoms with Crippen LogP contribution in [0.25, 0.3) is 0 Å². The number of hydrazine groups is 1. The van der Waals surface area contributed by atoms with Crippen LogP contribution in [0.1, 0.15) is 22.7 Å². The minimum Gasteiger partial charge on any atom is -0.496 e. The first-order valence-electron chi connectivity index (χ1n) is 6.34. The van der Waals surface area contributed by atoms with Crippen molar-refractivity contribution < 1.29 is 4.74 Å². The Labute approximate surface area is 127 Å². The van der Waals surface area contributed by atoms with Crippen molar-refractivity contribution in [1.29, 1.82) is 0 Å². The summed E-state index contributed by atoms with van der Waals surface area (Å²) in [6.07, 6.45) is 4.43. The number of hydrogen-bond donors (Lipinski definition) is 2. The van der Waals surface area contributed by atoms with E-state index in [4.69, 9.17) is 10.6 Å². The molecule has 0 amide bonds. The molecule has 1 heterocycles. The second-order valence-electron chi connectivity index (χ2n) is 4.62. The normalized spacial score (nSPS) is 12.2. The Morgan fingerprint density at radius 2 is 2.20 bits per heavy atom. The van der Waals surface area contributed by atoms with Crippen molar-refractivity contribution in [3.63, 3.8) is 0 Å². The Balaban J connectivity index is 2.23. The number of halogens is 1. The van der Waals surface area contributed by atoms with Crippen molar-refractivity contribution in [3.05, 3.63) is 57.8 Å². The summed E-state index contributed by atoms with van der Waals surface area (Å²) in [6.45, 7) is 2.06. The highest BCUT2D eigenvalue weighted by molar-refractivity contribution is 9.10. The van der Waals surface area contributed by atoms with Crippen molar-refractivity contribution in [2.75, 3.05) is 7.11 Å². The molecule has 4 nitrogen and oxygen atoms in total. The van der Waals surface area contributed by atoms with Crippen molar-refractivity contribution in [2.45, 2.75) is 19.4 Å². The zero-order valence-corrected chi connectivity index (χ0v) is 13.1. The molecule has 0 radical (unpaired) electrons. The molecule has 20 heavy (non-hydrogen) atoms. The van der Waals surface area contributed by atoms with E-state index in [0.29, 0.717) is 0 Å². The van der Waals surface area contributed by atoms with E-state index in [0.717, 1.165) is 22.2 Å². The van der Waals surface area contributed by atoms with E-state index < -0.39 is 0 Å². The summed E-state index contributed by atoms with van der Waals surface area (Å²) >= 11 is 3.50. The van der Waals surface area contributed by atoms with E-state index in [1.54, 1.807) is 13.3 Å². The quantitative estimate of drug-likeness (QED) is 0.651. The summed E-state index contributed by atoms with van der Waals surface area (Å²) < 4.78 is 6.18. The number of hydrogen-bond acceptors (Lipinski definition) is 4. The maximum Gasteiger partial charge on any atom is 0.133 e. The van der Waals surface area contributed by atoms with Crippen molar-refractivity contribution in [2.24, 2.45) is 5.84 Å². The van der Waals surface area contributed by atoms with Gasteiger partial charge < -0.3 is 4.74 Å². The summed E-state index contributed by atoms with van der Waals surface area (Å²) in [4.78, 5) is 4.18. The van der Waals surface area contributed by atoms with Gasteiger partial charge >= 0.3 is 0 Å². The first kappa shape index (κ1) is 15.0. The first-order valence-corrected chi connectivity index (χ1v) is 7.14. The van der Waals surface area contributed by atoms with Gasteiger partial charge in [0.2, 0.25) is 0 Å². The SMILES string of the molecule is COc1ccc(CC(NN)c2cnccc2C)cc1Br. The number of aromatic nitrogens is 1. The zero-order chi connectivity index (χ0) is 14.5. The van der Waals surface area contributed by atoms with Crippen LogP contribution in [0, 0.1) is 6.92 Å². The lowest BCUT2D eigenvalue weighted by molar-refractivity contribution is 0.412. The lowest BCUT2D eigenvalue weighted by Crippen LogP contribution is -2.30. The number of ether oxygens (including phenoxy) is 1. The second kappa shape index (κ2) is 6.83. The molecule has 3 N–H and O–H groups in total. The molecular formula is C15H18BrN3O. The van der Waals surface area contributed by atoms with Gasteiger partial charge in [0, 0.05) is 12.4 Å². The average Bonchev–Trinajstić information content (AvgIpc) is 2.46. The van der Waals surface area contributed by atoms with Crippen molar-refractivity contribution in [1.82, 2.24) is 10.4 Å². The third-order valence-electron chi connectivity index (χ3n) is 3.31. The van der Waals surface area contributed by atoms with Crippen LogP contribution in [-0.4, -0.2) is 12.1 Å². The molecule has 1 unspecified atom stereocenters.